The lowest BCUT2D eigenvalue weighted by molar-refractivity contribution is -0.116. The molecule has 32 heavy (non-hydrogen) atoms. The molecule has 4 aromatic rings. The van der Waals surface area contributed by atoms with Gasteiger partial charge in [-0.15, -0.1) is 11.3 Å². The van der Waals surface area contributed by atoms with Crippen LogP contribution in [0.2, 0.25) is 0 Å². The van der Waals surface area contributed by atoms with Gasteiger partial charge in [0.05, 0.1) is 5.69 Å². The molecule has 164 valence electrons. The van der Waals surface area contributed by atoms with Crippen molar-refractivity contribution in [1.29, 1.82) is 0 Å². The van der Waals surface area contributed by atoms with Crippen LogP contribution in [0.5, 0.6) is 0 Å². The highest BCUT2D eigenvalue weighted by atomic mass is 32.1. The fraction of sp³-hybridized carbons (Fsp3) is 0.250. The minimum Gasteiger partial charge on any atom is -0.300 e. The standard InChI is InChI=1S/C24H25N5OS2/c1-15-5-7-17(8-6-15)21-27-28-23(31)29(21)13-20(30)26-22-25-19(14-32-22)16-9-11-18(12-10-16)24(2,3)4/h5-12,14H,13H2,1-4H3,(H,28,31)(H,25,26,30). The summed E-state index contributed by atoms with van der Waals surface area (Å²) in [6, 6.07) is 16.3. The van der Waals surface area contributed by atoms with E-state index < -0.39 is 0 Å². The molecule has 0 aliphatic carbocycles. The number of hydrogen-bond donors (Lipinski definition) is 2. The van der Waals surface area contributed by atoms with E-state index in [1.165, 1.54) is 16.9 Å². The molecule has 0 unspecified atom stereocenters. The third kappa shape index (κ3) is 4.87. The van der Waals surface area contributed by atoms with Crippen molar-refractivity contribution < 1.29 is 4.79 Å². The zero-order valence-corrected chi connectivity index (χ0v) is 20.1. The maximum atomic E-state index is 12.7. The minimum absolute atomic E-state index is 0.0493. The number of anilines is 1. The van der Waals surface area contributed by atoms with Crippen molar-refractivity contribution in [3.63, 3.8) is 0 Å². The van der Waals surface area contributed by atoms with Gasteiger partial charge in [-0.1, -0.05) is 74.9 Å². The highest BCUT2D eigenvalue weighted by Crippen LogP contribution is 2.28. The number of nitrogens with one attached hydrogen (secondary N) is 2. The highest BCUT2D eigenvalue weighted by molar-refractivity contribution is 7.71. The number of amides is 1. The minimum atomic E-state index is -0.208. The number of rotatable bonds is 5. The lowest BCUT2D eigenvalue weighted by atomic mass is 9.86. The molecule has 6 nitrogen and oxygen atoms in total. The Morgan fingerprint density at radius 3 is 2.41 bits per heavy atom. The van der Waals surface area contributed by atoms with Crippen molar-refractivity contribution in [2.45, 2.75) is 39.7 Å². The first-order chi connectivity index (χ1) is 15.2. The molecule has 0 aliphatic rings. The van der Waals surface area contributed by atoms with Crippen LogP contribution < -0.4 is 5.32 Å². The normalized spacial score (nSPS) is 11.5. The van der Waals surface area contributed by atoms with Gasteiger partial charge in [0, 0.05) is 16.5 Å². The Hall–Kier alpha value is -3.10. The average Bonchev–Trinajstić information content (AvgIpc) is 3.35. The second-order valence-electron chi connectivity index (χ2n) is 8.72. The molecule has 0 saturated carbocycles. The van der Waals surface area contributed by atoms with Crippen molar-refractivity contribution in [3.8, 4) is 22.6 Å². The Bertz CT molecular complexity index is 1290. The molecule has 8 heteroatoms. The third-order valence-corrected chi connectivity index (χ3v) is 6.24. The number of aromatic nitrogens is 4. The van der Waals surface area contributed by atoms with E-state index in [1.54, 1.807) is 4.57 Å². The van der Waals surface area contributed by atoms with Gasteiger partial charge in [0.25, 0.3) is 0 Å². The summed E-state index contributed by atoms with van der Waals surface area (Å²) in [6.45, 7) is 8.64. The smallest absolute Gasteiger partial charge is 0.246 e. The topological polar surface area (TPSA) is 75.6 Å². The number of benzene rings is 2. The van der Waals surface area contributed by atoms with Gasteiger partial charge in [-0.05, 0) is 30.1 Å². The van der Waals surface area contributed by atoms with Gasteiger partial charge >= 0.3 is 0 Å². The van der Waals surface area contributed by atoms with Gasteiger partial charge in [-0.25, -0.2) is 4.98 Å². The van der Waals surface area contributed by atoms with Crippen LogP contribution in [0.15, 0.2) is 53.9 Å². The number of hydrogen-bond acceptors (Lipinski definition) is 5. The van der Waals surface area contributed by atoms with E-state index in [4.69, 9.17) is 12.2 Å². The predicted octanol–water partition coefficient (Wildman–Crippen LogP) is 5.98. The fourth-order valence-corrected chi connectivity index (χ4v) is 4.23. The number of aromatic amines is 1. The molecule has 2 aromatic carbocycles. The average molecular weight is 464 g/mol. The van der Waals surface area contributed by atoms with Gasteiger partial charge < -0.3 is 5.32 Å². The summed E-state index contributed by atoms with van der Waals surface area (Å²) in [5.74, 6) is 0.420. The number of thiazole rings is 1. The fourth-order valence-electron chi connectivity index (χ4n) is 3.29. The maximum absolute atomic E-state index is 12.7. The van der Waals surface area contributed by atoms with Crippen LogP contribution >= 0.6 is 23.6 Å². The second kappa shape index (κ2) is 8.80. The van der Waals surface area contributed by atoms with Crippen molar-refractivity contribution in [2.24, 2.45) is 0 Å². The van der Waals surface area contributed by atoms with Crippen LogP contribution in [0.25, 0.3) is 22.6 Å². The van der Waals surface area contributed by atoms with Crippen LogP contribution in [-0.4, -0.2) is 25.7 Å². The Labute approximate surface area is 196 Å². The SMILES string of the molecule is Cc1ccc(-c2n[nH]c(=S)n2CC(=O)Nc2nc(-c3ccc(C(C)(C)C)cc3)cs2)cc1. The molecule has 0 saturated heterocycles. The van der Waals surface area contributed by atoms with Crippen LogP contribution in [0.1, 0.15) is 31.9 Å². The zero-order chi connectivity index (χ0) is 22.9. The van der Waals surface area contributed by atoms with Gasteiger partial charge in [-0.3, -0.25) is 14.5 Å². The molecule has 0 aliphatic heterocycles. The van der Waals surface area contributed by atoms with Crippen LogP contribution in [0.3, 0.4) is 0 Å². The van der Waals surface area contributed by atoms with E-state index in [0.717, 1.165) is 22.4 Å². The number of nitrogens with zero attached hydrogens (tertiary/aromatic N) is 3. The molecule has 4 rings (SSSR count). The van der Waals surface area contributed by atoms with E-state index in [0.29, 0.717) is 15.7 Å². The number of carbonyl (C=O) groups excluding carboxylic acids is 1. The summed E-state index contributed by atoms with van der Waals surface area (Å²) < 4.78 is 2.09. The molecule has 0 bridgehead atoms. The van der Waals surface area contributed by atoms with Gasteiger partial charge in [0.1, 0.15) is 6.54 Å². The molecular weight excluding hydrogens is 438 g/mol. The predicted molar refractivity (Wildman–Crippen MR) is 132 cm³/mol. The molecule has 2 aromatic heterocycles. The molecule has 2 N–H and O–H groups in total. The largest absolute Gasteiger partial charge is 0.300 e. The Morgan fingerprint density at radius 2 is 1.75 bits per heavy atom. The second-order valence-corrected chi connectivity index (χ2v) is 9.96. The first kappa shape index (κ1) is 22.1. The molecule has 0 spiro atoms. The van der Waals surface area contributed by atoms with Crippen LogP contribution in [0, 0.1) is 11.7 Å². The monoisotopic (exact) mass is 463 g/mol. The van der Waals surface area contributed by atoms with Crippen molar-refractivity contribution >= 4 is 34.6 Å². The number of H-pyrrole nitrogens is 1. The van der Waals surface area contributed by atoms with E-state index in [2.05, 4.69) is 65.5 Å². The van der Waals surface area contributed by atoms with E-state index in [-0.39, 0.29) is 17.9 Å². The molecule has 0 atom stereocenters. The maximum Gasteiger partial charge on any atom is 0.246 e. The van der Waals surface area contributed by atoms with Gasteiger partial charge in [-0.2, -0.15) is 5.10 Å². The molecule has 1 amide bonds. The summed E-state index contributed by atoms with van der Waals surface area (Å²) in [4.78, 5) is 17.3. The van der Waals surface area contributed by atoms with Crippen LogP contribution in [0.4, 0.5) is 5.13 Å². The van der Waals surface area contributed by atoms with Crippen molar-refractivity contribution in [2.75, 3.05) is 5.32 Å². The lowest BCUT2D eigenvalue weighted by Crippen LogP contribution is -2.19. The Morgan fingerprint density at radius 1 is 1.09 bits per heavy atom. The quantitative estimate of drug-likeness (QED) is 0.357. The van der Waals surface area contributed by atoms with E-state index in [1.807, 2.05) is 36.6 Å². The summed E-state index contributed by atoms with van der Waals surface area (Å²) in [5.41, 5.74) is 5.28. The first-order valence-electron chi connectivity index (χ1n) is 10.3. The Kier molecular flexibility index (Phi) is 6.08. The molecular formula is C24H25N5OS2. The van der Waals surface area contributed by atoms with Gasteiger partial charge in [0.2, 0.25) is 5.91 Å². The number of aryl methyl sites for hydroxylation is 1. The Balaban J connectivity index is 1.47. The molecule has 0 radical (unpaired) electrons. The zero-order valence-electron chi connectivity index (χ0n) is 18.5. The third-order valence-electron chi connectivity index (χ3n) is 5.17. The van der Waals surface area contributed by atoms with Crippen molar-refractivity contribution in [1.82, 2.24) is 19.7 Å². The van der Waals surface area contributed by atoms with E-state index >= 15 is 0 Å². The summed E-state index contributed by atoms with van der Waals surface area (Å²) in [5, 5.41) is 12.5. The van der Waals surface area contributed by atoms with E-state index in [9.17, 15) is 4.79 Å². The highest BCUT2D eigenvalue weighted by Gasteiger charge is 2.16. The van der Waals surface area contributed by atoms with Gasteiger partial charge in [0.15, 0.2) is 15.7 Å². The van der Waals surface area contributed by atoms with Crippen LogP contribution in [-0.2, 0) is 16.8 Å². The lowest BCUT2D eigenvalue weighted by Gasteiger charge is -2.18. The first-order valence-corrected chi connectivity index (χ1v) is 11.6. The van der Waals surface area contributed by atoms with Crippen molar-refractivity contribution in [3.05, 3.63) is 69.8 Å². The summed E-state index contributed by atoms with van der Waals surface area (Å²) in [6.07, 6.45) is 0. The number of carbonyl (C=O) groups is 1. The summed E-state index contributed by atoms with van der Waals surface area (Å²) >= 11 is 6.74. The summed E-state index contributed by atoms with van der Waals surface area (Å²) in [7, 11) is 0. The molecule has 0 fully saturated rings. The molecule has 2 heterocycles.